The van der Waals surface area contributed by atoms with Crippen molar-refractivity contribution in [2.24, 2.45) is 0 Å². The third-order valence-corrected chi connectivity index (χ3v) is 0.551. The van der Waals surface area contributed by atoms with Gasteiger partial charge in [0.1, 0.15) is 0 Å². The van der Waals surface area contributed by atoms with Crippen molar-refractivity contribution in [3.05, 3.63) is 24.2 Å². The molecular weight excluding hydrogens is 154 g/mol. The van der Waals surface area contributed by atoms with Gasteiger partial charge in [-0.1, -0.05) is 0 Å². The molecule has 0 fully saturated rings. The molecule has 3 nitrogen and oxygen atoms in total. The molecule has 0 heterocycles. The maximum Gasteiger partial charge on any atom is 0.290 e. The Morgan fingerprint density at radius 2 is 1.45 bits per heavy atom. The van der Waals surface area contributed by atoms with Gasteiger partial charge in [-0.2, -0.15) is 19.3 Å². The van der Waals surface area contributed by atoms with Crippen molar-refractivity contribution in [1.29, 1.82) is 10.5 Å². The van der Waals surface area contributed by atoms with Crippen LogP contribution in [0.15, 0.2) is 24.2 Å². The molecule has 0 atom stereocenters. The Balaban J connectivity index is 4.10. The van der Waals surface area contributed by atoms with Crippen molar-refractivity contribution in [3.8, 4) is 12.1 Å². The molecule has 0 bridgehead atoms. The Labute approximate surface area is 61.4 Å². The lowest BCUT2D eigenvalue weighted by Gasteiger charge is -1.93. The number of ether oxygens (including phenoxy) is 1. The number of halogens is 2. The Morgan fingerprint density at radius 1 is 1.09 bits per heavy atom. The van der Waals surface area contributed by atoms with Gasteiger partial charge < -0.3 is 4.74 Å². The second-order valence-electron chi connectivity index (χ2n) is 1.26. The molecule has 0 aliphatic heterocycles. The first-order chi connectivity index (χ1) is 5.20. The van der Waals surface area contributed by atoms with Crippen LogP contribution in [0, 0.1) is 22.7 Å². The first kappa shape index (κ1) is 9.12. The molecule has 11 heavy (non-hydrogen) atoms. The third kappa shape index (κ3) is 4.61. The van der Waals surface area contributed by atoms with Crippen LogP contribution in [-0.2, 0) is 4.74 Å². The molecule has 0 rings (SSSR count). The quantitative estimate of drug-likeness (QED) is 0.451. The van der Waals surface area contributed by atoms with E-state index in [-0.39, 0.29) is 0 Å². The fourth-order valence-electron chi connectivity index (χ4n) is 0.254. The van der Waals surface area contributed by atoms with Gasteiger partial charge >= 0.3 is 0 Å². The summed E-state index contributed by atoms with van der Waals surface area (Å²) in [5.74, 6) is 0. The predicted octanol–water partition coefficient (Wildman–Crippen LogP) is 1.67. The molecule has 5 heteroatoms. The summed E-state index contributed by atoms with van der Waals surface area (Å²) in [7, 11) is 0. The Hall–Kier alpha value is -1.88. The van der Waals surface area contributed by atoms with Crippen LogP contribution < -0.4 is 0 Å². The molecule has 0 radical (unpaired) electrons. The van der Waals surface area contributed by atoms with E-state index in [0.717, 1.165) is 0 Å². The van der Waals surface area contributed by atoms with E-state index in [1.54, 1.807) is 0 Å². The first-order valence-electron chi connectivity index (χ1n) is 2.39. The minimum atomic E-state index is -1.39. The van der Waals surface area contributed by atoms with Crippen molar-refractivity contribution in [2.75, 3.05) is 0 Å². The molecule has 0 aliphatic carbocycles. The monoisotopic (exact) mass is 156 g/mol. The molecule has 0 saturated carbocycles. The zero-order chi connectivity index (χ0) is 8.69. The minimum Gasteiger partial charge on any atom is -0.403 e. The molecular formula is C6H2F2N2O. The van der Waals surface area contributed by atoms with Crippen LogP contribution in [0.1, 0.15) is 0 Å². The van der Waals surface area contributed by atoms with Crippen LogP contribution in [0.25, 0.3) is 0 Å². The largest absolute Gasteiger partial charge is 0.403 e. The second-order valence-corrected chi connectivity index (χ2v) is 1.26. The lowest BCUT2D eigenvalue weighted by atomic mass is 10.6. The first-order valence-corrected chi connectivity index (χ1v) is 2.39. The van der Waals surface area contributed by atoms with Crippen molar-refractivity contribution >= 4 is 0 Å². The number of rotatable bonds is 2. The summed E-state index contributed by atoms with van der Waals surface area (Å²) < 4.78 is 27.7. The smallest absolute Gasteiger partial charge is 0.290 e. The van der Waals surface area contributed by atoms with E-state index in [1.165, 1.54) is 12.1 Å². The zero-order valence-corrected chi connectivity index (χ0v) is 5.21. The maximum atomic E-state index is 12.0. The van der Waals surface area contributed by atoms with E-state index in [9.17, 15) is 8.78 Å². The van der Waals surface area contributed by atoms with Crippen LogP contribution in [-0.4, -0.2) is 0 Å². The van der Waals surface area contributed by atoms with Crippen LogP contribution >= 0.6 is 0 Å². The van der Waals surface area contributed by atoms with Gasteiger partial charge in [0.2, 0.25) is 0 Å². The van der Waals surface area contributed by atoms with E-state index in [4.69, 9.17) is 10.5 Å². The van der Waals surface area contributed by atoms with E-state index >= 15 is 0 Å². The molecule has 0 aliphatic rings. The Kier molecular flexibility index (Phi) is 4.10. The fourth-order valence-corrected chi connectivity index (χ4v) is 0.254. The highest BCUT2D eigenvalue weighted by molar-refractivity contribution is 5.07. The van der Waals surface area contributed by atoms with Crippen LogP contribution in [0.5, 0.6) is 0 Å². The van der Waals surface area contributed by atoms with E-state index in [1.807, 2.05) is 0 Å². The normalized spacial score (nSPS) is 11.6. The van der Waals surface area contributed by atoms with Crippen molar-refractivity contribution in [3.63, 3.8) is 0 Å². The summed E-state index contributed by atoms with van der Waals surface area (Å²) in [4.78, 5) is 0. The number of nitriles is 2. The summed E-state index contributed by atoms with van der Waals surface area (Å²) >= 11 is 0. The van der Waals surface area contributed by atoms with Crippen molar-refractivity contribution in [1.82, 2.24) is 0 Å². The maximum absolute atomic E-state index is 12.0. The third-order valence-electron chi connectivity index (χ3n) is 0.551. The average Bonchev–Trinajstić information content (AvgIpc) is 1.87. The van der Waals surface area contributed by atoms with Gasteiger partial charge in [-0.05, 0) is 0 Å². The lowest BCUT2D eigenvalue weighted by Crippen LogP contribution is -1.81. The topological polar surface area (TPSA) is 56.8 Å². The standard InChI is InChI=1S/C6H2F2N2O/c7-5(1-3-9)11-6(8)2-4-10/h1-2H. The van der Waals surface area contributed by atoms with Crippen LogP contribution in [0.4, 0.5) is 8.78 Å². The van der Waals surface area contributed by atoms with Gasteiger partial charge in [0, 0.05) is 0 Å². The number of allylic oxidation sites excluding steroid dienone is 2. The summed E-state index contributed by atoms with van der Waals surface area (Å²) in [5, 5.41) is 15.7. The molecule has 0 amide bonds. The number of hydrogen-bond acceptors (Lipinski definition) is 3. The summed E-state index contributed by atoms with van der Waals surface area (Å²) in [6, 6.07) is -0.232. The van der Waals surface area contributed by atoms with Gasteiger partial charge in [-0.15, -0.1) is 0 Å². The minimum absolute atomic E-state index is 0.366. The number of nitrogens with zero attached hydrogens (tertiary/aromatic N) is 2. The highest BCUT2D eigenvalue weighted by atomic mass is 19.2. The van der Waals surface area contributed by atoms with Crippen LogP contribution in [0.3, 0.4) is 0 Å². The van der Waals surface area contributed by atoms with E-state index in [0.29, 0.717) is 12.2 Å². The average molecular weight is 156 g/mol. The highest BCUT2D eigenvalue weighted by Gasteiger charge is 1.98. The molecule has 0 aromatic rings. The molecule has 0 spiro atoms. The summed E-state index contributed by atoms with van der Waals surface area (Å²) in [6.45, 7) is 0. The van der Waals surface area contributed by atoms with E-state index in [2.05, 4.69) is 4.74 Å². The number of hydrogen-bond donors (Lipinski definition) is 0. The molecule has 0 unspecified atom stereocenters. The van der Waals surface area contributed by atoms with Gasteiger partial charge in [0.15, 0.2) is 0 Å². The fraction of sp³-hybridized carbons (Fsp3) is 0. The zero-order valence-electron chi connectivity index (χ0n) is 5.21. The van der Waals surface area contributed by atoms with Crippen molar-refractivity contribution in [2.45, 2.75) is 0 Å². The predicted molar refractivity (Wildman–Crippen MR) is 30.7 cm³/mol. The Morgan fingerprint density at radius 3 is 1.73 bits per heavy atom. The summed E-state index contributed by atoms with van der Waals surface area (Å²) in [6.07, 6.45) is 0.732. The second kappa shape index (κ2) is 4.95. The van der Waals surface area contributed by atoms with Gasteiger partial charge in [-0.3, -0.25) is 0 Å². The molecule has 0 N–H and O–H groups in total. The molecule has 0 aromatic heterocycles. The van der Waals surface area contributed by atoms with Gasteiger partial charge in [-0.25, -0.2) is 0 Å². The SMILES string of the molecule is N#CC=C(F)OC(F)=CC#N. The van der Waals surface area contributed by atoms with Gasteiger partial charge in [0.05, 0.1) is 24.3 Å². The Bertz CT molecular complexity index is 241. The van der Waals surface area contributed by atoms with E-state index < -0.39 is 12.0 Å². The van der Waals surface area contributed by atoms with Gasteiger partial charge in [0.25, 0.3) is 12.0 Å². The molecule has 56 valence electrons. The lowest BCUT2D eigenvalue weighted by molar-refractivity contribution is 0.155. The summed E-state index contributed by atoms with van der Waals surface area (Å²) in [5.41, 5.74) is 0. The molecule has 0 saturated heterocycles. The van der Waals surface area contributed by atoms with Crippen LogP contribution in [0.2, 0.25) is 0 Å². The van der Waals surface area contributed by atoms with Crippen molar-refractivity contribution < 1.29 is 13.5 Å². The molecule has 0 aromatic carbocycles. The highest BCUT2D eigenvalue weighted by Crippen LogP contribution is 2.07.